The van der Waals surface area contributed by atoms with E-state index in [4.69, 9.17) is 10.00 Å². The first-order valence-corrected chi connectivity index (χ1v) is 5.74. The molecule has 3 atom stereocenters. The van der Waals surface area contributed by atoms with E-state index in [1.54, 1.807) is 31.3 Å². The molecule has 1 unspecified atom stereocenters. The predicted octanol–water partition coefficient (Wildman–Crippen LogP) is 0.803. The third-order valence-electron chi connectivity index (χ3n) is 3.68. The number of carbonyl (C=O) groups is 1. The van der Waals surface area contributed by atoms with Crippen molar-refractivity contribution in [1.82, 2.24) is 4.90 Å². The number of nitriles is 1. The van der Waals surface area contributed by atoms with Gasteiger partial charge in [-0.25, -0.2) is 0 Å². The van der Waals surface area contributed by atoms with Crippen molar-refractivity contribution in [2.45, 2.75) is 18.4 Å². The predicted molar refractivity (Wildman–Crippen MR) is 61.0 cm³/mol. The van der Waals surface area contributed by atoms with Crippen LogP contribution in [-0.2, 0) is 10.5 Å². The van der Waals surface area contributed by atoms with Gasteiger partial charge in [0, 0.05) is 24.6 Å². The number of hydrogen-bond acceptors (Lipinski definition) is 4. The lowest BCUT2D eigenvalue weighted by Crippen LogP contribution is -2.36. The summed E-state index contributed by atoms with van der Waals surface area (Å²) in [5.41, 5.74) is 0.776. The summed E-state index contributed by atoms with van der Waals surface area (Å²) in [6.45, 7) is 0. The number of amides is 1. The Morgan fingerprint density at radius 1 is 1.56 bits per heavy atom. The van der Waals surface area contributed by atoms with E-state index < -0.39 is 17.9 Å². The van der Waals surface area contributed by atoms with Crippen LogP contribution in [-0.4, -0.2) is 29.2 Å². The van der Waals surface area contributed by atoms with Gasteiger partial charge in [0.05, 0.1) is 6.07 Å². The summed E-state index contributed by atoms with van der Waals surface area (Å²) in [5, 5.41) is 19.8. The number of nitrogens with zero attached hydrogens (tertiary/aromatic N) is 2. The van der Waals surface area contributed by atoms with Gasteiger partial charge in [0.15, 0.2) is 0 Å². The van der Waals surface area contributed by atoms with Crippen LogP contribution in [0.25, 0.3) is 0 Å². The molecule has 0 spiro atoms. The van der Waals surface area contributed by atoms with E-state index in [0.717, 1.165) is 0 Å². The van der Waals surface area contributed by atoms with E-state index in [2.05, 4.69) is 6.07 Å². The van der Waals surface area contributed by atoms with E-state index in [1.807, 2.05) is 0 Å². The van der Waals surface area contributed by atoms with Crippen LogP contribution in [0.4, 0.5) is 0 Å². The number of hydrogen-bond donors (Lipinski definition) is 1. The SMILES string of the molecule is CN1C(=O)c2ccccc2[C@]2(O)O[C@@H]1CC2C#N. The van der Waals surface area contributed by atoms with Crippen molar-refractivity contribution < 1.29 is 14.6 Å². The number of aliphatic hydroxyl groups is 1. The molecule has 0 saturated carbocycles. The maximum absolute atomic E-state index is 12.2. The number of carbonyl (C=O) groups excluding carboxylic acids is 1. The van der Waals surface area contributed by atoms with Gasteiger partial charge in [-0.3, -0.25) is 4.79 Å². The quantitative estimate of drug-likeness (QED) is 0.732. The van der Waals surface area contributed by atoms with Gasteiger partial charge in [-0.15, -0.1) is 0 Å². The lowest BCUT2D eigenvalue weighted by atomic mass is 9.87. The zero-order valence-electron chi connectivity index (χ0n) is 9.83. The first-order chi connectivity index (χ1) is 8.58. The van der Waals surface area contributed by atoms with Gasteiger partial charge in [0.25, 0.3) is 5.91 Å². The molecule has 5 heteroatoms. The van der Waals surface area contributed by atoms with Crippen molar-refractivity contribution in [3.05, 3.63) is 35.4 Å². The molecule has 2 bridgehead atoms. The van der Waals surface area contributed by atoms with Crippen molar-refractivity contribution >= 4 is 5.91 Å². The van der Waals surface area contributed by atoms with Gasteiger partial charge in [0.2, 0.25) is 5.79 Å². The molecule has 1 saturated heterocycles. The van der Waals surface area contributed by atoms with Crippen molar-refractivity contribution in [2.75, 3.05) is 7.05 Å². The molecule has 1 aromatic rings. The van der Waals surface area contributed by atoms with Crippen LogP contribution in [0.2, 0.25) is 0 Å². The summed E-state index contributed by atoms with van der Waals surface area (Å²) >= 11 is 0. The summed E-state index contributed by atoms with van der Waals surface area (Å²) < 4.78 is 5.56. The van der Waals surface area contributed by atoms with E-state index in [-0.39, 0.29) is 5.91 Å². The largest absolute Gasteiger partial charge is 0.361 e. The number of ether oxygens (including phenoxy) is 1. The lowest BCUT2D eigenvalue weighted by molar-refractivity contribution is -0.226. The highest BCUT2D eigenvalue weighted by Gasteiger charge is 2.54. The Bertz CT molecular complexity index is 566. The fourth-order valence-corrected chi connectivity index (χ4v) is 2.63. The van der Waals surface area contributed by atoms with Crippen molar-refractivity contribution in [3.8, 4) is 6.07 Å². The van der Waals surface area contributed by atoms with E-state index in [0.29, 0.717) is 17.5 Å². The first kappa shape index (κ1) is 11.2. The average Bonchev–Trinajstić information content (AvgIpc) is 2.72. The molecule has 2 heterocycles. The summed E-state index contributed by atoms with van der Waals surface area (Å²) in [6, 6.07) is 8.80. The maximum atomic E-state index is 12.2. The summed E-state index contributed by atoms with van der Waals surface area (Å²) in [7, 11) is 1.62. The highest BCUT2D eigenvalue weighted by molar-refractivity contribution is 5.96. The first-order valence-electron chi connectivity index (χ1n) is 5.74. The molecule has 0 radical (unpaired) electrons. The number of benzene rings is 1. The summed E-state index contributed by atoms with van der Waals surface area (Å²) in [4.78, 5) is 13.7. The second-order valence-corrected chi connectivity index (χ2v) is 4.65. The van der Waals surface area contributed by atoms with E-state index in [1.165, 1.54) is 4.90 Å². The Kier molecular flexibility index (Phi) is 2.21. The standard InChI is InChI=1S/C13H12N2O3/c1-15-11-6-8(7-14)13(17,18-11)10-5-3-2-4-9(10)12(15)16/h2-5,8,11,17H,6H2,1H3/t8?,11-,13-/m1/s1. The van der Waals surface area contributed by atoms with Crippen molar-refractivity contribution in [1.29, 1.82) is 5.26 Å². The van der Waals surface area contributed by atoms with Crippen LogP contribution in [0, 0.1) is 17.2 Å². The molecule has 1 amide bonds. The van der Waals surface area contributed by atoms with Crippen LogP contribution in [0.1, 0.15) is 22.3 Å². The molecule has 0 aromatic heterocycles. The second kappa shape index (κ2) is 3.55. The van der Waals surface area contributed by atoms with Crippen LogP contribution >= 0.6 is 0 Å². The Balaban J connectivity index is 2.26. The van der Waals surface area contributed by atoms with Gasteiger partial charge >= 0.3 is 0 Å². The maximum Gasteiger partial charge on any atom is 0.256 e. The lowest BCUT2D eigenvalue weighted by Gasteiger charge is -2.25. The molecule has 2 aliphatic rings. The third-order valence-corrected chi connectivity index (χ3v) is 3.68. The van der Waals surface area contributed by atoms with Gasteiger partial charge in [0.1, 0.15) is 12.1 Å². The topological polar surface area (TPSA) is 73.6 Å². The normalized spacial score (nSPS) is 33.8. The van der Waals surface area contributed by atoms with Gasteiger partial charge in [-0.05, 0) is 6.07 Å². The van der Waals surface area contributed by atoms with E-state index in [9.17, 15) is 9.90 Å². The summed E-state index contributed by atoms with van der Waals surface area (Å²) in [5.74, 6) is -2.54. The molecule has 0 aliphatic carbocycles. The smallest absolute Gasteiger partial charge is 0.256 e. The van der Waals surface area contributed by atoms with E-state index >= 15 is 0 Å². The minimum absolute atomic E-state index is 0.192. The molecule has 1 aromatic carbocycles. The molecule has 1 fully saturated rings. The van der Waals surface area contributed by atoms with Gasteiger partial charge < -0.3 is 14.7 Å². The number of rotatable bonds is 0. The zero-order valence-corrected chi connectivity index (χ0v) is 9.83. The molecule has 92 valence electrons. The Morgan fingerprint density at radius 3 is 3.00 bits per heavy atom. The molecular weight excluding hydrogens is 232 g/mol. The Hall–Kier alpha value is -1.90. The highest BCUT2D eigenvalue weighted by Crippen LogP contribution is 2.46. The fraction of sp³-hybridized carbons (Fsp3) is 0.385. The molecule has 18 heavy (non-hydrogen) atoms. The summed E-state index contributed by atoms with van der Waals surface area (Å²) in [6.07, 6.45) is -0.233. The molecule has 3 rings (SSSR count). The van der Waals surface area contributed by atoms with Gasteiger partial charge in [-0.2, -0.15) is 5.26 Å². The highest BCUT2D eigenvalue weighted by atomic mass is 16.6. The van der Waals surface area contributed by atoms with Crippen molar-refractivity contribution in [3.63, 3.8) is 0 Å². The Morgan fingerprint density at radius 2 is 2.28 bits per heavy atom. The average molecular weight is 244 g/mol. The fourth-order valence-electron chi connectivity index (χ4n) is 2.63. The van der Waals surface area contributed by atoms with Crippen LogP contribution in [0.3, 0.4) is 0 Å². The molecular formula is C13H12N2O3. The minimum atomic E-state index is -1.68. The monoisotopic (exact) mass is 244 g/mol. The zero-order chi connectivity index (χ0) is 12.9. The molecule has 5 nitrogen and oxygen atoms in total. The number of fused-ring (bicyclic) bond motifs is 4. The van der Waals surface area contributed by atoms with Crippen LogP contribution in [0.15, 0.2) is 24.3 Å². The second-order valence-electron chi connectivity index (χ2n) is 4.65. The third kappa shape index (κ3) is 1.24. The van der Waals surface area contributed by atoms with Crippen LogP contribution in [0.5, 0.6) is 0 Å². The Labute approximate surface area is 104 Å². The molecule has 2 aliphatic heterocycles. The van der Waals surface area contributed by atoms with Gasteiger partial charge in [-0.1, -0.05) is 18.2 Å². The van der Waals surface area contributed by atoms with Crippen LogP contribution < -0.4 is 0 Å². The minimum Gasteiger partial charge on any atom is -0.361 e. The molecule has 1 N–H and O–H groups in total. The van der Waals surface area contributed by atoms with Crippen molar-refractivity contribution in [2.24, 2.45) is 5.92 Å².